The van der Waals surface area contributed by atoms with Crippen molar-refractivity contribution in [1.82, 2.24) is 10.2 Å². The molecule has 2 aliphatic heterocycles. The van der Waals surface area contributed by atoms with Gasteiger partial charge in [0.25, 0.3) is 0 Å². The van der Waals surface area contributed by atoms with Crippen molar-refractivity contribution >= 4 is 0 Å². The van der Waals surface area contributed by atoms with Crippen LogP contribution in [0.2, 0.25) is 0 Å². The zero-order chi connectivity index (χ0) is 13.8. The number of hydrogen-bond donors (Lipinski definition) is 1. The number of nitrogens with one attached hydrogen (secondary N) is 1. The average Bonchev–Trinajstić information content (AvgIpc) is 2.95. The standard InChI is InChI=1S/C16H30N2O2/c1-17-9-4-14-5-10-18(11-6-14)15-2-7-16(8-3-15)19-12-13-20-16/h14-15,17H,2-13H2,1H3. The van der Waals surface area contributed by atoms with Crippen molar-refractivity contribution in [2.75, 3.05) is 39.9 Å². The van der Waals surface area contributed by atoms with Crippen molar-refractivity contribution in [3.05, 3.63) is 0 Å². The molecule has 3 aliphatic rings. The fraction of sp³-hybridized carbons (Fsp3) is 1.00. The summed E-state index contributed by atoms with van der Waals surface area (Å²) in [5.41, 5.74) is 0. The lowest BCUT2D eigenvalue weighted by Crippen LogP contribution is -2.47. The van der Waals surface area contributed by atoms with Crippen LogP contribution >= 0.6 is 0 Å². The largest absolute Gasteiger partial charge is 0.348 e. The highest BCUT2D eigenvalue weighted by atomic mass is 16.7. The van der Waals surface area contributed by atoms with E-state index in [0.717, 1.165) is 38.0 Å². The SMILES string of the molecule is CNCCC1CCN(C2CCC3(CC2)OCCO3)CC1. The second-order valence-electron chi connectivity index (χ2n) is 6.71. The molecule has 116 valence electrons. The van der Waals surface area contributed by atoms with Crippen molar-refractivity contribution < 1.29 is 9.47 Å². The molecule has 1 N–H and O–H groups in total. The maximum atomic E-state index is 5.83. The molecule has 1 spiro atoms. The van der Waals surface area contributed by atoms with Gasteiger partial charge in [-0.05, 0) is 64.7 Å². The molecule has 0 unspecified atom stereocenters. The Bertz CT molecular complexity index is 287. The van der Waals surface area contributed by atoms with Crippen LogP contribution in [0.5, 0.6) is 0 Å². The summed E-state index contributed by atoms with van der Waals surface area (Å²) in [6.07, 6.45) is 8.81. The number of piperidine rings is 1. The highest BCUT2D eigenvalue weighted by Crippen LogP contribution is 2.38. The zero-order valence-corrected chi connectivity index (χ0v) is 12.9. The first kappa shape index (κ1) is 14.8. The van der Waals surface area contributed by atoms with E-state index in [1.165, 1.54) is 51.7 Å². The third-order valence-electron chi connectivity index (χ3n) is 5.50. The van der Waals surface area contributed by atoms with E-state index in [-0.39, 0.29) is 5.79 Å². The van der Waals surface area contributed by atoms with E-state index >= 15 is 0 Å². The molecular formula is C16H30N2O2. The molecule has 0 bridgehead atoms. The van der Waals surface area contributed by atoms with Crippen LogP contribution in [0.1, 0.15) is 44.9 Å². The average molecular weight is 282 g/mol. The van der Waals surface area contributed by atoms with Gasteiger partial charge in [-0.15, -0.1) is 0 Å². The Balaban J connectivity index is 1.41. The number of likely N-dealkylation sites (tertiary alicyclic amines) is 1. The van der Waals surface area contributed by atoms with Gasteiger partial charge in [-0.2, -0.15) is 0 Å². The third-order valence-corrected chi connectivity index (χ3v) is 5.50. The highest BCUT2D eigenvalue weighted by Gasteiger charge is 2.41. The van der Waals surface area contributed by atoms with Crippen molar-refractivity contribution in [2.24, 2.45) is 5.92 Å². The molecule has 0 aromatic heterocycles. The second kappa shape index (κ2) is 6.73. The normalized spacial score (nSPS) is 29.2. The summed E-state index contributed by atoms with van der Waals surface area (Å²) in [6.45, 7) is 5.36. The van der Waals surface area contributed by atoms with E-state index in [2.05, 4.69) is 17.3 Å². The van der Waals surface area contributed by atoms with Crippen molar-refractivity contribution in [1.29, 1.82) is 0 Å². The van der Waals surface area contributed by atoms with Crippen molar-refractivity contribution in [3.63, 3.8) is 0 Å². The minimum absolute atomic E-state index is 0.193. The van der Waals surface area contributed by atoms with Gasteiger partial charge in [0, 0.05) is 18.9 Å². The van der Waals surface area contributed by atoms with E-state index in [4.69, 9.17) is 9.47 Å². The highest BCUT2D eigenvalue weighted by molar-refractivity contribution is 4.88. The quantitative estimate of drug-likeness (QED) is 0.855. The Hall–Kier alpha value is -0.160. The Morgan fingerprint density at radius 3 is 2.30 bits per heavy atom. The fourth-order valence-electron chi connectivity index (χ4n) is 4.15. The first-order valence-corrected chi connectivity index (χ1v) is 8.48. The molecule has 4 heteroatoms. The Morgan fingerprint density at radius 2 is 1.70 bits per heavy atom. The Labute approximate surface area is 123 Å². The van der Waals surface area contributed by atoms with Crippen LogP contribution in [-0.4, -0.2) is 56.6 Å². The molecule has 0 amide bonds. The van der Waals surface area contributed by atoms with Gasteiger partial charge in [-0.25, -0.2) is 0 Å². The van der Waals surface area contributed by atoms with E-state index in [9.17, 15) is 0 Å². The van der Waals surface area contributed by atoms with E-state index < -0.39 is 0 Å². The van der Waals surface area contributed by atoms with Crippen molar-refractivity contribution in [2.45, 2.75) is 56.8 Å². The summed E-state index contributed by atoms with van der Waals surface area (Å²) in [5, 5.41) is 3.28. The van der Waals surface area contributed by atoms with Crippen LogP contribution in [0.15, 0.2) is 0 Å². The molecule has 3 fully saturated rings. The molecule has 3 rings (SSSR count). The lowest BCUT2D eigenvalue weighted by atomic mass is 9.86. The van der Waals surface area contributed by atoms with E-state index in [1.807, 2.05) is 0 Å². The third kappa shape index (κ3) is 3.35. The first-order chi connectivity index (χ1) is 9.81. The van der Waals surface area contributed by atoms with Gasteiger partial charge in [0.2, 0.25) is 0 Å². The van der Waals surface area contributed by atoms with Crippen LogP contribution in [0.4, 0.5) is 0 Å². The molecular weight excluding hydrogens is 252 g/mol. The lowest BCUT2D eigenvalue weighted by molar-refractivity contribution is -0.184. The van der Waals surface area contributed by atoms with Gasteiger partial charge >= 0.3 is 0 Å². The van der Waals surface area contributed by atoms with Crippen LogP contribution in [0, 0.1) is 5.92 Å². The van der Waals surface area contributed by atoms with Gasteiger partial charge in [0.05, 0.1) is 13.2 Å². The predicted molar refractivity (Wildman–Crippen MR) is 79.7 cm³/mol. The van der Waals surface area contributed by atoms with Crippen LogP contribution in [0.3, 0.4) is 0 Å². The van der Waals surface area contributed by atoms with Gasteiger partial charge < -0.3 is 19.7 Å². The number of ether oxygens (including phenoxy) is 2. The molecule has 0 aromatic carbocycles. The first-order valence-electron chi connectivity index (χ1n) is 8.48. The molecule has 1 aliphatic carbocycles. The van der Waals surface area contributed by atoms with E-state index in [0.29, 0.717) is 0 Å². The van der Waals surface area contributed by atoms with Gasteiger partial charge in [-0.1, -0.05) is 0 Å². The molecule has 2 heterocycles. The predicted octanol–water partition coefficient (Wildman–Crippen LogP) is 1.99. The van der Waals surface area contributed by atoms with Crippen LogP contribution < -0.4 is 5.32 Å². The van der Waals surface area contributed by atoms with E-state index in [1.54, 1.807) is 0 Å². The Kier molecular flexibility index (Phi) is 4.97. The molecule has 4 nitrogen and oxygen atoms in total. The molecule has 2 saturated heterocycles. The van der Waals surface area contributed by atoms with Gasteiger partial charge in [0.15, 0.2) is 5.79 Å². The summed E-state index contributed by atoms with van der Waals surface area (Å²) < 4.78 is 11.7. The summed E-state index contributed by atoms with van der Waals surface area (Å²) >= 11 is 0. The van der Waals surface area contributed by atoms with Crippen molar-refractivity contribution in [3.8, 4) is 0 Å². The summed E-state index contributed by atoms with van der Waals surface area (Å²) in [6, 6.07) is 0.777. The minimum atomic E-state index is -0.193. The second-order valence-corrected chi connectivity index (χ2v) is 6.71. The zero-order valence-electron chi connectivity index (χ0n) is 12.9. The van der Waals surface area contributed by atoms with Crippen LogP contribution in [0.25, 0.3) is 0 Å². The van der Waals surface area contributed by atoms with Gasteiger partial charge in [-0.3, -0.25) is 0 Å². The number of hydrogen-bond acceptors (Lipinski definition) is 4. The minimum Gasteiger partial charge on any atom is -0.348 e. The number of nitrogens with zero attached hydrogens (tertiary/aromatic N) is 1. The number of rotatable bonds is 4. The maximum absolute atomic E-state index is 5.83. The van der Waals surface area contributed by atoms with Gasteiger partial charge in [0.1, 0.15) is 0 Å². The topological polar surface area (TPSA) is 33.7 Å². The maximum Gasteiger partial charge on any atom is 0.168 e. The molecule has 1 saturated carbocycles. The molecule has 20 heavy (non-hydrogen) atoms. The van der Waals surface area contributed by atoms with Crippen LogP contribution in [-0.2, 0) is 9.47 Å². The monoisotopic (exact) mass is 282 g/mol. The lowest BCUT2D eigenvalue weighted by Gasteiger charge is -2.43. The molecule has 0 atom stereocenters. The Morgan fingerprint density at radius 1 is 1.05 bits per heavy atom. The summed E-state index contributed by atoms with van der Waals surface area (Å²) in [4.78, 5) is 2.73. The fourth-order valence-corrected chi connectivity index (χ4v) is 4.15. The summed E-state index contributed by atoms with van der Waals surface area (Å²) in [5.74, 6) is 0.747. The molecule has 0 aromatic rings. The summed E-state index contributed by atoms with van der Waals surface area (Å²) in [7, 11) is 2.06. The smallest absolute Gasteiger partial charge is 0.168 e. The molecule has 0 radical (unpaired) electrons.